The van der Waals surface area contributed by atoms with Gasteiger partial charge >= 0.3 is 11.1 Å². The molecule has 2 aromatic rings. The number of hydrogen-bond acceptors (Lipinski definition) is 5. The van der Waals surface area contributed by atoms with Crippen molar-refractivity contribution in [1.82, 2.24) is 9.13 Å². The van der Waals surface area contributed by atoms with Gasteiger partial charge in [-0.25, -0.2) is 0 Å². The van der Waals surface area contributed by atoms with Crippen LogP contribution in [-0.4, -0.2) is 9.13 Å². The van der Waals surface area contributed by atoms with E-state index in [2.05, 4.69) is 0 Å². The van der Waals surface area contributed by atoms with Gasteiger partial charge in [0, 0.05) is 12.1 Å². The van der Waals surface area contributed by atoms with Crippen LogP contribution < -0.4 is 11.1 Å². The quantitative estimate of drug-likeness (QED) is 0.797. The third-order valence-corrected chi connectivity index (χ3v) is 3.20. The van der Waals surface area contributed by atoms with Gasteiger partial charge in [-0.1, -0.05) is 20.8 Å². The summed E-state index contributed by atoms with van der Waals surface area (Å²) < 4.78 is 7.04. The number of rotatable bonds is 3. The molecule has 0 amide bonds. The van der Waals surface area contributed by atoms with Gasteiger partial charge in [0.25, 0.3) is 0 Å². The van der Waals surface area contributed by atoms with E-state index in [4.69, 9.17) is 4.42 Å². The van der Waals surface area contributed by atoms with Crippen molar-refractivity contribution in [3.8, 4) is 12.1 Å². The highest BCUT2D eigenvalue weighted by atomic mass is 16.3. The highest BCUT2D eigenvalue weighted by Gasteiger charge is 2.22. The number of aromatic nitrogens is 2. The van der Waals surface area contributed by atoms with E-state index in [1.165, 1.54) is 12.5 Å². The van der Waals surface area contributed by atoms with Crippen LogP contribution >= 0.6 is 0 Å². The van der Waals surface area contributed by atoms with Crippen molar-refractivity contribution < 1.29 is 4.42 Å². The molecule has 0 aromatic carbocycles. The SMILES string of the molecule is CC(C)(C)Cn1c(C#N)c(C#N)n(Cc2ccoc2)c(=O)c1=O. The third-order valence-electron chi connectivity index (χ3n) is 3.20. The van der Waals surface area contributed by atoms with Crippen molar-refractivity contribution in [2.24, 2.45) is 5.41 Å². The summed E-state index contributed by atoms with van der Waals surface area (Å²) in [6.45, 7) is 5.81. The molecule has 0 radical (unpaired) electrons. The molecule has 0 aliphatic carbocycles. The molecule has 0 unspecified atom stereocenters. The van der Waals surface area contributed by atoms with Gasteiger partial charge in [0.1, 0.15) is 12.1 Å². The zero-order valence-electron chi connectivity index (χ0n) is 13.2. The Morgan fingerprint density at radius 2 is 1.65 bits per heavy atom. The lowest BCUT2D eigenvalue weighted by Crippen LogP contribution is -2.45. The predicted octanol–water partition coefficient (Wildman–Crippen LogP) is 1.44. The third kappa shape index (κ3) is 3.24. The summed E-state index contributed by atoms with van der Waals surface area (Å²) >= 11 is 0. The monoisotopic (exact) mass is 312 g/mol. The maximum atomic E-state index is 12.4. The second kappa shape index (κ2) is 5.98. The molecule has 7 nitrogen and oxygen atoms in total. The Kier molecular flexibility index (Phi) is 4.24. The van der Waals surface area contributed by atoms with Gasteiger partial charge in [0.05, 0.1) is 19.1 Å². The van der Waals surface area contributed by atoms with Gasteiger partial charge in [-0.15, -0.1) is 0 Å². The van der Waals surface area contributed by atoms with Crippen LogP contribution in [0.5, 0.6) is 0 Å². The highest BCUT2D eigenvalue weighted by Crippen LogP contribution is 2.17. The van der Waals surface area contributed by atoms with Crippen LogP contribution in [-0.2, 0) is 13.1 Å². The molecule has 0 saturated carbocycles. The molecule has 2 aromatic heterocycles. The number of nitriles is 2. The number of nitrogens with zero attached hydrogens (tertiary/aromatic N) is 4. The van der Waals surface area contributed by atoms with E-state index in [0.29, 0.717) is 5.56 Å². The fourth-order valence-electron chi connectivity index (χ4n) is 2.26. The molecule has 0 bridgehead atoms. The summed E-state index contributed by atoms with van der Waals surface area (Å²) in [6, 6.07) is 5.38. The Morgan fingerprint density at radius 3 is 2.13 bits per heavy atom. The lowest BCUT2D eigenvalue weighted by atomic mass is 9.96. The molecule has 0 aliphatic rings. The van der Waals surface area contributed by atoms with Crippen molar-refractivity contribution in [3.05, 3.63) is 56.3 Å². The average Bonchev–Trinajstić information content (AvgIpc) is 2.98. The summed E-state index contributed by atoms with van der Waals surface area (Å²) in [5, 5.41) is 18.8. The average molecular weight is 312 g/mol. The van der Waals surface area contributed by atoms with Crippen LogP contribution in [0.2, 0.25) is 0 Å². The van der Waals surface area contributed by atoms with Crippen LogP contribution in [0, 0.1) is 28.1 Å². The molecule has 0 aliphatic heterocycles. The molecule has 23 heavy (non-hydrogen) atoms. The first kappa shape index (κ1) is 16.3. The first-order chi connectivity index (χ1) is 10.8. The fourth-order valence-corrected chi connectivity index (χ4v) is 2.26. The zero-order valence-corrected chi connectivity index (χ0v) is 13.2. The lowest BCUT2D eigenvalue weighted by molar-refractivity contribution is 0.333. The topological polar surface area (TPSA) is 105 Å². The van der Waals surface area contributed by atoms with Crippen LogP contribution in [0.3, 0.4) is 0 Å². The molecule has 118 valence electrons. The van der Waals surface area contributed by atoms with Crippen molar-refractivity contribution in [2.45, 2.75) is 33.9 Å². The Bertz CT molecular complexity index is 913. The van der Waals surface area contributed by atoms with E-state index in [1.54, 1.807) is 6.07 Å². The number of furan rings is 1. The molecule has 0 fully saturated rings. The second-order valence-electron chi connectivity index (χ2n) is 6.40. The first-order valence-corrected chi connectivity index (χ1v) is 6.97. The predicted molar refractivity (Wildman–Crippen MR) is 81.7 cm³/mol. The van der Waals surface area contributed by atoms with E-state index in [9.17, 15) is 20.1 Å². The van der Waals surface area contributed by atoms with E-state index in [0.717, 1.165) is 9.13 Å². The van der Waals surface area contributed by atoms with Crippen LogP contribution in [0.15, 0.2) is 32.6 Å². The molecule has 0 spiro atoms. The maximum absolute atomic E-state index is 12.4. The minimum absolute atomic E-state index is 0.00148. The van der Waals surface area contributed by atoms with Gasteiger partial charge in [0.2, 0.25) is 0 Å². The molecule has 0 saturated heterocycles. The molecule has 0 N–H and O–H groups in total. The fraction of sp³-hybridized carbons (Fsp3) is 0.375. The van der Waals surface area contributed by atoms with Crippen LogP contribution in [0.1, 0.15) is 37.7 Å². The van der Waals surface area contributed by atoms with Crippen molar-refractivity contribution in [2.75, 3.05) is 0 Å². The minimum Gasteiger partial charge on any atom is -0.472 e. The largest absolute Gasteiger partial charge is 0.472 e. The van der Waals surface area contributed by atoms with Crippen molar-refractivity contribution in [3.63, 3.8) is 0 Å². The number of hydrogen-bond donors (Lipinski definition) is 0. The second-order valence-corrected chi connectivity index (χ2v) is 6.40. The molecule has 0 atom stereocenters. The molecular formula is C16H16N4O3. The van der Waals surface area contributed by atoms with Gasteiger partial charge in [-0.3, -0.25) is 18.7 Å². The van der Waals surface area contributed by atoms with Crippen molar-refractivity contribution in [1.29, 1.82) is 10.5 Å². The van der Waals surface area contributed by atoms with Gasteiger partial charge in [-0.2, -0.15) is 10.5 Å². The Balaban J connectivity index is 2.75. The summed E-state index contributed by atoms with van der Waals surface area (Å²) in [7, 11) is 0. The molecular weight excluding hydrogens is 296 g/mol. The molecule has 2 heterocycles. The van der Waals surface area contributed by atoms with E-state index >= 15 is 0 Å². The summed E-state index contributed by atoms with van der Waals surface area (Å²) in [5.41, 5.74) is -1.56. The summed E-state index contributed by atoms with van der Waals surface area (Å²) in [6.07, 6.45) is 2.85. The Labute approximate surface area is 132 Å². The molecule has 2 rings (SSSR count). The van der Waals surface area contributed by atoms with Gasteiger partial charge < -0.3 is 4.42 Å². The van der Waals surface area contributed by atoms with Crippen LogP contribution in [0.25, 0.3) is 0 Å². The molecule has 7 heteroatoms. The first-order valence-electron chi connectivity index (χ1n) is 6.97. The van der Waals surface area contributed by atoms with E-state index in [1.807, 2.05) is 32.9 Å². The maximum Gasteiger partial charge on any atom is 0.317 e. The Morgan fingerprint density at radius 1 is 1.09 bits per heavy atom. The smallest absolute Gasteiger partial charge is 0.317 e. The van der Waals surface area contributed by atoms with E-state index < -0.39 is 11.1 Å². The highest BCUT2D eigenvalue weighted by molar-refractivity contribution is 5.37. The normalized spacial score (nSPS) is 11.0. The van der Waals surface area contributed by atoms with E-state index in [-0.39, 0.29) is 29.9 Å². The zero-order chi connectivity index (χ0) is 17.2. The summed E-state index contributed by atoms with van der Waals surface area (Å²) in [5.74, 6) is 0. The van der Waals surface area contributed by atoms with Gasteiger partial charge in [0.15, 0.2) is 11.4 Å². The standard InChI is InChI=1S/C16H16N4O3/c1-16(2,3)10-20-13(7-18)12(6-17)19(14(21)15(20)22)8-11-4-5-23-9-11/h4-5,9H,8,10H2,1-3H3. The van der Waals surface area contributed by atoms with Crippen molar-refractivity contribution >= 4 is 0 Å². The van der Waals surface area contributed by atoms with Gasteiger partial charge in [-0.05, 0) is 11.5 Å². The van der Waals surface area contributed by atoms with Crippen LogP contribution in [0.4, 0.5) is 0 Å². The summed E-state index contributed by atoms with van der Waals surface area (Å²) in [4.78, 5) is 24.8. The lowest BCUT2D eigenvalue weighted by Gasteiger charge is -2.21. The Hall–Kier alpha value is -3.06. The minimum atomic E-state index is -0.828.